The first-order chi connectivity index (χ1) is 9.15. The largest absolute Gasteiger partial charge is 0.493 e. The van der Waals surface area contributed by atoms with Crippen molar-refractivity contribution in [1.82, 2.24) is 0 Å². The quantitative estimate of drug-likeness (QED) is 0.687. The smallest absolute Gasteiger partial charge is 0.125 e. The van der Waals surface area contributed by atoms with Crippen LogP contribution in [0.15, 0.2) is 12.1 Å². The molecule has 2 nitrogen and oxygen atoms in total. The van der Waals surface area contributed by atoms with Crippen molar-refractivity contribution in [1.29, 1.82) is 0 Å². The van der Waals surface area contributed by atoms with Gasteiger partial charge in [-0.3, -0.25) is 0 Å². The minimum atomic E-state index is 0.477. The number of benzene rings is 1. The van der Waals surface area contributed by atoms with E-state index < -0.39 is 0 Å². The van der Waals surface area contributed by atoms with Crippen molar-refractivity contribution in [3.8, 4) is 5.75 Å². The summed E-state index contributed by atoms with van der Waals surface area (Å²) in [6.45, 7) is 9.44. The molecule has 1 heterocycles. The minimum absolute atomic E-state index is 0.477. The lowest BCUT2D eigenvalue weighted by molar-refractivity contribution is 0.310. The summed E-state index contributed by atoms with van der Waals surface area (Å²) >= 11 is 0. The van der Waals surface area contributed by atoms with E-state index in [4.69, 9.17) is 9.47 Å². The highest BCUT2D eigenvalue weighted by atomic mass is 16.6. The van der Waals surface area contributed by atoms with Gasteiger partial charge in [-0.2, -0.15) is 0 Å². The maximum atomic E-state index is 5.94. The maximum absolute atomic E-state index is 5.94. The second kappa shape index (κ2) is 6.42. The second-order valence-corrected chi connectivity index (χ2v) is 5.58. The third-order valence-electron chi connectivity index (χ3n) is 3.73. The first-order valence-corrected chi connectivity index (χ1v) is 7.54. The van der Waals surface area contributed by atoms with E-state index in [1.54, 1.807) is 0 Å². The van der Waals surface area contributed by atoms with Crippen molar-refractivity contribution in [3.63, 3.8) is 0 Å². The molecular weight excluding hydrogens is 236 g/mol. The van der Waals surface area contributed by atoms with Crippen molar-refractivity contribution >= 4 is 0 Å². The average Bonchev–Trinajstić information content (AvgIpc) is 3.13. The molecule has 2 atom stereocenters. The van der Waals surface area contributed by atoms with Crippen molar-refractivity contribution in [2.75, 3.05) is 6.61 Å². The predicted octanol–water partition coefficient (Wildman–Crippen LogP) is 4.20. The average molecular weight is 262 g/mol. The molecule has 0 N–H and O–H groups in total. The first-order valence-electron chi connectivity index (χ1n) is 7.54. The van der Waals surface area contributed by atoms with Gasteiger partial charge in [0.05, 0.1) is 18.8 Å². The molecule has 1 fully saturated rings. The van der Waals surface area contributed by atoms with Crippen LogP contribution in [-0.4, -0.2) is 18.8 Å². The van der Waals surface area contributed by atoms with E-state index >= 15 is 0 Å². The van der Waals surface area contributed by atoms with Crippen molar-refractivity contribution < 1.29 is 9.47 Å². The van der Waals surface area contributed by atoms with E-state index in [9.17, 15) is 0 Å². The monoisotopic (exact) mass is 262 g/mol. The number of hydrogen-bond donors (Lipinski definition) is 0. The topological polar surface area (TPSA) is 21.8 Å². The number of rotatable bonds is 7. The lowest BCUT2D eigenvalue weighted by atomic mass is 10.00. The minimum Gasteiger partial charge on any atom is -0.493 e. The van der Waals surface area contributed by atoms with Gasteiger partial charge in [0.25, 0.3) is 0 Å². The van der Waals surface area contributed by atoms with E-state index in [2.05, 4.69) is 39.8 Å². The van der Waals surface area contributed by atoms with Gasteiger partial charge in [0, 0.05) is 0 Å². The van der Waals surface area contributed by atoms with Crippen molar-refractivity contribution in [2.24, 2.45) is 0 Å². The van der Waals surface area contributed by atoms with E-state index in [1.165, 1.54) is 16.7 Å². The predicted molar refractivity (Wildman–Crippen MR) is 79.0 cm³/mol. The van der Waals surface area contributed by atoms with Crippen LogP contribution in [-0.2, 0) is 11.2 Å². The molecule has 0 amide bonds. The van der Waals surface area contributed by atoms with Gasteiger partial charge in [0.15, 0.2) is 0 Å². The Morgan fingerprint density at radius 2 is 1.95 bits per heavy atom. The first kappa shape index (κ1) is 14.4. The van der Waals surface area contributed by atoms with Gasteiger partial charge < -0.3 is 9.47 Å². The molecule has 106 valence electrons. The molecule has 0 aromatic heterocycles. The van der Waals surface area contributed by atoms with E-state index in [-0.39, 0.29) is 0 Å². The molecule has 0 saturated carbocycles. The van der Waals surface area contributed by atoms with Crippen LogP contribution < -0.4 is 4.74 Å². The Balaban J connectivity index is 2.04. The molecule has 1 aromatic carbocycles. The van der Waals surface area contributed by atoms with Crippen LogP contribution >= 0.6 is 0 Å². The summed E-state index contributed by atoms with van der Waals surface area (Å²) in [5, 5.41) is 0. The van der Waals surface area contributed by atoms with Gasteiger partial charge >= 0.3 is 0 Å². The van der Waals surface area contributed by atoms with Gasteiger partial charge in [-0.1, -0.05) is 31.5 Å². The number of aryl methyl sites for hydroxylation is 3. The molecule has 2 unspecified atom stereocenters. The Bertz CT molecular complexity index is 426. The summed E-state index contributed by atoms with van der Waals surface area (Å²) in [6.07, 6.45) is 5.34. The van der Waals surface area contributed by atoms with Gasteiger partial charge in [-0.15, -0.1) is 0 Å². The highest BCUT2D eigenvalue weighted by molar-refractivity contribution is 5.44. The summed E-state index contributed by atoms with van der Waals surface area (Å²) < 4.78 is 11.6. The third-order valence-corrected chi connectivity index (χ3v) is 3.73. The fraction of sp³-hybridized carbons (Fsp3) is 0.647. The molecule has 1 saturated heterocycles. The van der Waals surface area contributed by atoms with E-state index in [0.717, 1.165) is 38.0 Å². The molecule has 1 aliphatic heterocycles. The molecule has 2 heteroatoms. The standard InChI is InChI=1S/C17H26O2/c1-5-9-18-17-13(4)10-12(3)11-14(17)7-8-16-15(6-2)19-16/h10-11,15-16H,5-9H2,1-4H3. The van der Waals surface area contributed by atoms with Gasteiger partial charge in [-0.05, 0) is 50.7 Å². The van der Waals surface area contributed by atoms with E-state index in [0.29, 0.717) is 12.2 Å². The van der Waals surface area contributed by atoms with Crippen LogP contribution in [0.25, 0.3) is 0 Å². The third kappa shape index (κ3) is 3.73. The highest BCUT2D eigenvalue weighted by Gasteiger charge is 2.36. The van der Waals surface area contributed by atoms with Crippen LogP contribution in [0, 0.1) is 13.8 Å². The fourth-order valence-corrected chi connectivity index (χ4v) is 2.73. The molecule has 1 aliphatic rings. The van der Waals surface area contributed by atoms with Gasteiger partial charge in [0.2, 0.25) is 0 Å². The molecule has 19 heavy (non-hydrogen) atoms. The lowest BCUT2D eigenvalue weighted by Crippen LogP contribution is -2.03. The summed E-state index contributed by atoms with van der Waals surface area (Å²) in [6, 6.07) is 4.47. The molecule has 0 bridgehead atoms. The van der Waals surface area contributed by atoms with Crippen LogP contribution in [0.2, 0.25) is 0 Å². The van der Waals surface area contributed by atoms with Gasteiger partial charge in [0.1, 0.15) is 5.75 Å². The normalized spacial score (nSPS) is 21.5. The SMILES string of the molecule is CCCOc1c(C)cc(C)cc1CCC1OC1CC. The van der Waals surface area contributed by atoms with E-state index in [1.807, 2.05) is 0 Å². The molecular formula is C17H26O2. The van der Waals surface area contributed by atoms with Crippen molar-refractivity contribution in [2.45, 2.75) is 65.6 Å². The fourth-order valence-electron chi connectivity index (χ4n) is 2.73. The molecule has 2 rings (SSSR count). The summed E-state index contributed by atoms with van der Waals surface area (Å²) in [7, 11) is 0. The second-order valence-electron chi connectivity index (χ2n) is 5.58. The Kier molecular flexibility index (Phi) is 4.87. The molecule has 0 radical (unpaired) electrons. The van der Waals surface area contributed by atoms with Crippen LogP contribution in [0.1, 0.15) is 49.8 Å². The molecule has 0 aliphatic carbocycles. The Labute approximate surface area is 117 Å². The van der Waals surface area contributed by atoms with Crippen LogP contribution in [0.5, 0.6) is 5.75 Å². The summed E-state index contributed by atoms with van der Waals surface area (Å²) in [5.41, 5.74) is 3.92. The summed E-state index contributed by atoms with van der Waals surface area (Å²) in [5.74, 6) is 1.10. The highest BCUT2D eigenvalue weighted by Crippen LogP contribution is 2.32. The Hall–Kier alpha value is -1.02. The van der Waals surface area contributed by atoms with Crippen LogP contribution in [0.4, 0.5) is 0 Å². The zero-order valence-electron chi connectivity index (χ0n) is 12.7. The number of hydrogen-bond acceptors (Lipinski definition) is 2. The Morgan fingerprint density at radius 3 is 2.58 bits per heavy atom. The maximum Gasteiger partial charge on any atom is 0.125 e. The zero-order valence-corrected chi connectivity index (χ0v) is 12.7. The number of ether oxygens (including phenoxy) is 2. The number of epoxide rings is 1. The van der Waals surface area contributed by atoms with Gasteiger partial charge in [-0.25, -0.2) is 0 Å². The lowest BCUT2D eigenvalue weighted by Gasteiger charge is -2.14. The summed E-state index contributed by atoms with van der Waals surface area (Å²) in [4.78, 5) is 0. The molecule has 0 spiro atoms. The molecule has 1 aromatic rings. The zero-order chi connectivity index (χ0) is 13.8. The Morgan fingerprint density at radius 1 is 1.16 bits per heavy atom. The van der Waals surface area contributed by atoms with Crippen molar-refractivity contribution in [3.05, 3.63) is 28.8 Å². The van der Waals surface area contributed by atoms with Crippen LogP contribution in [0.3, 0.4) is 0 Å².